The number of aliphatic hydroxyl groups is 1. The van der Waals surface area contributed by atoms with E-state index in [0.29, 0.717) is 69.5 Å². The lowest BCUT2D eigenvalue weighted by atomic mass is 9.93. The summed E-state index contributed by atoms with van der Waals surface area (Å²) in [6.45, 7) is 3.32. The first kappa shape index (κ1) is 31.0. The molecule has 2 aromatic heterocycles. The number of aliphatic hydroxyl groups excluding tert-OH is 1. The van der Waals surface area contributed by atoms with E-state index in [1.54, 1.807) is 30.5 Å². The standard InChI is InChI=1S/C29H41N9O4/c30-13-17-41-19-20-42-18-16-32-26(40)21-4-6-23(7-5-21)34-28-36-27(33-15-12-22-3-1-2-14-31-22)37-29(38-28)35-24-8-10-25(39)11-9-24/h1-7,14,24-25,39H,8-13,15-20,30H2,(H,32,40)(H3,33,34,35,36,37,38). The van der Waals surface area contributed by atoms with Gasteiger partial charge in [0.2, 0.25) is 17.8 Å². The summed E-state index contributed by atoms with van der Waals surface area (Å²) >= 11 is 0. The van der Waals surface area contributed by atoms with E-state index in [1.165, 1.54) is 0 Å². The Bertz CT molecular complexity index is 1210. The quantitative estimate of drug-likeness (QED) is 0.128. The predicted molar refractivity (Wildman–Crippen MR) is 161 cm³/mol. The maximum Gasteiger partial charge on any atom is 0.251 e. The van der Waals surface area contributed by atoms with Gasteiger partial charge >= 0.3 is 0 Å². The minimum Gasteiger partial charge on any atom is -0.393 e. The molecule has 0 unspecified atom stereocenters. The monoisotopic (exact) mass is 579 g/mol. The van der Waals surface area contributed by atoms with Gasteiger partial charge in [-0.3, -0.25) is 9.78 Å². The third kappa shape index (κ3) is 10.8. The van der Waals surface area contributed by atoms with E-state index in [4.69, 9.17) is 15.2 Å². The molecule has 226 valence electrons. The molecule has 13 nitrogen and oxygen atoms in total. The Hall–Kier alpha value is -3.91. The molecule has 4 rings (SSSR count). The van der Waals surface area contributed by atoms with Gasteiger partial charge in [-0.2, -0.15) is 15.0 Å². The number of carbonyl (C=O) groups excluding carboxylic acids is 1. The minimum atomic E-state index is -0.243. The van der Waals surface area contributed by atoms with Crippen LogP contribution in [0.15, 0.2) is 48.7 Å². The van der Waals surface area contributed by atoms with Crippen molar-refractivity contribution in [2.24, 2.45) is 5.73 Å². The van der Waals surface area contributed by atoms with Gasteiger partial charge in [0.05, 0.1) is 32.5 Å². The zero-order valence-corrected chi connectivity index (χ0v) is 23.8. The molecular formula is C29H41N9O4. The van der Waals surface area contributed by atoms with Gasteiger partial charge in [-0.05, 0) is 62.1 Å². The third-order valence-electron chi connectivity index (χ3n) is 6.63. The molecule has 0 bridgehead atoms. The van der Waals surface area contributed by atoms with Crippen molar-refractivity contribution in [3.63, 3.8) is 0 Å². The highest BCUT2D eigenvalue weighted by Crippen LogP contribution is 2.22. The van der Waals surface area contributed by atoms with Crippen molar-refractivity contribution in [2.45, 2.75) is 44.2 Å². The first-order chi connectivity index (χ1) is 20.6. The molecule has 13 heteroatoms. The number of nitrogens with one attached hydrogen (secondary N) is 4. The van der Waals surface area contributed by atoms with Gasteiger partial charge in [0.25, 0.3) is 5.91 Å². The van der Waals surface area contributed by atoms with Gasteiger partial charge in [-0.15, -0.1) is 0 Å². The second-order valence-corrected chi connectivity index (χ2v) is 9.93. The average molecular weight is 580 g/mol. The topological polar surface area (TPSA) is 181 Å². The largest absolute Gasteiger partial charge is 0.393 e. The van der Waals surface area contributed by atoms with Gasteiger partial charge in [-0.1, -0.05) is 6.07 Å². The van der Waals surface area contributed by atoms with Crippen LogP contribution in [0.25, 0.3) is 0 Å². The highest BCUT2D eigenvalue weighted by atomic mass is 16.5. The van der Waals surface area contributed by atoms with Crippen molar-refractivity contribution >= 4 is 29.4 Å². The number of nitrogens with zero attached hydrogens (tertiary/aromatic N) is 4. The predicted octanol–water partition coefficient (Wildman–Crippen LogP) is 2.10. The molecule has 7 N–H and O–H groups in total. The van der Waals surface area contributed by atoms with E-state index in [-0.39, 0.29) is 18.1 Å². The molecule has 1 aromatic carbocycles. The summed E-state index contributed by atoms with van der Waals surface area (Å²) < 4.78 is 10.7. The van der Waals surface area contributed by atoms with Gasteiger partial charge in [0.1, 0.15) is 0 Å². The van der Waals surface area contributed by atoms with Crippen molar-refractivity contribution in [3.05, 3.63) is 59.9 Å². The minimum absolute atomic E-state index is 0.178. The molecule has 0 radical (unpaired) electrons. The number of nitrogens with two attached hydrogens (primary N) is 1. The number of rotatable bonds is 17. The van der Waals surface area contributed by atoms with Crippen molar-refractivity contribution in [1.82, 2.24) is 25.3 Å². The normalized spacial score (nSPS) is 16.5. The van der Waals surface area contributed by atoms with Gasteiger partial charge in [0.15, 0.2) is 0 Å². The molecule has 1 saturated carbocycles. The summed E-state index contributed by atoms with van der Waals surface area (Å²) in [5.74, 6) is 1.07. The Kier molecular flexibility index (Phi) is 12.7. The number of carbonyl (C=O) groups is 1. The summed E-state index contributed by atoms with van der Waals surface area (Å²) in [6.07, 6.45) is 5.44. The molecule has 42 heavy (non-hydrogen) atoms. The van der Waals surface area contributed by atoms with E-state index in [9.17, 15) is 9.90 Å². The fourth-order valence-electron chi connectivity index (χ4n) is 4.40. The van der Waals surface area contributed by atoms with E-state index in [1.807, 2.05) is 18.2 Å². The highest BCUT2D eigenvalue weighted by molar-refractivity contribution is 5.94. The second-order valence-electron chi connectivity index (χ2n) is 9.93. The van der Waals surface area contributed by atoms with E-state index >= 15 is 0 Å². The number of ether oxygens (including phenoxy) is 2. The molecule has 0 spiro atoms. The SMILES string of the molecule is NCCOCCOCCNC(=O)c1ccc(Nc2nc(NCCc3ccccn3)nc(NC3CCC(O)CC3)n2)cc1. The van der Waals surface area contributed by atoms with E-state index in [2.05, 4.69) is 41.2 Å². The molecule has 0 aliphatic heterocycles. The lowest BCUT2D eigenvalue weighted by Gasteiger charge is -2.26. The molecule has 2 heterocycles. The highest BCUT2D eigenvalue weighted by Gasteiger charge is 2.20. The average Bonchev–Trinajstić information content (AvgIpc) is 3.00. The maximum atomic E-state index is 12.5. The Morgan fingerprint density at radius 3 is 2.36 bits per heavy atom. The molecular weight excluding hydrogens is 538 g/mol. The maximum absolute atomic E-state index is 12.5. The van der Waals surface area contributed by atoms with Crippen molar-refractivity contribution in [2.75, 3.05) is 62.0 Å². The van der Waals surface area contributed by atoms with Crippen LogP contribution in [0, 0.1) is 0 Å². The zero-order chi connectivity index (χ0) is 29.4. The summed E-state index contributed by atoms with van der Waals surface area (Å²) in [4.78, 5) is 30.6. The third-order valence-corrected chi connectivity index (χ3v) is 6.63. The Labute approximate surface area is 246 Å². The van der Waals surface area contributed by atoms with Crippen molar-refractivity contribution < 1.29 is 19.4 Å². The lowest BCUT2D eigenvalue weighted by molar-refractivity contribution is 0.0511. The molecule has 1 aliphatic rings. The number of hydrogen-bond donors (Lipinski definition) is 6. The van der Waals surface area contributed by atoms with Gasteiger partial charge in [-0.25, -0.2) is 0 Å². The summed E-state index contributed by atoms with van der Waals surface area (Å²) in [7, 11) is 0. The number of anilines is 4. The van der Waals surface area contributed by atoms with Crippen molar-refractivity contribution in [1.29, 1.82) is 0 Å². The van der Waals surface area contributed by atoms with Crippen molar-refractivity contribution in [3.8, 4) is 0 Å². The summed E-state index contributed by atoms with van der Waals surface area (Å²) in [5, 5.41) is 22.6. The van der Waals surface area contributed by atoms with Crippen LogP contribution in [-0.2, 0) is 15.9 Å². The summed E-state index contributed by atoms with van der Waals surface area (Å²) in [6, 6.07) is 13.1. The first-order valence-corrected chi connectivity index (χ1v) is 14.4. The number of hydrogen-bond acceptors (Lipinski definition) is 12. The van der Waals surface area contributed by atoms with Crippen LogP contribution in [0.2, 0.25) is 0 Å². The summed E-state index contributed by atoms with van der Waals surface area (Å²) in [5.41, 5.74) is 7.60. The van der Waals surface area contributed by atoms with E-state index in [0.717, 1.165) is 43.5 Å². The fraction of sp³-hybridized carbons (Fsp3) is 0.483. The number of pyridine rings is 1. The molecule has 1 aliphatic carbocycles. The van der Waals surface area contributed by atoms with Crippen LogP contribution in [0.1, 0.15) is 41.7 Å². The van der Waals surface area contributed by atoms with Crippen LogP contribution < -0.4 is 27.0 Å². The van der Waals surface area contributed by atoms with Crippen LogP contribution in [-0.4, -0.2) is 89.2 Å². The second kappa shape index (κ2) is 17.1. The van der Waals surface area contributed by atoms with Crippen LogP contribution in [0.4, 0.5) is 23.5 Å². The molecule has 0 atom stereocenters. The molecule has 1 amide bonds. The molecule has 0 saturated heterocycles. The zero-order valence-electron chi connectivity index (χ0n) is 23.8. The lowest BCUT2D eigenvalue weighted by Crippen LogP contribution is -2.29. The smallest absolute Gasteiger partial charge is 0.251 e. The van der Waals surface area contributed by atoms with E-state index < -0.39 is 0 Å². The fourth-order valence-corrected chi connectivity index (χ4v) is 4.40. The van der Waals surface area contributed by atoms with Gasteiger partial charge < -0.3 is 41.6 Å². The molecule has 3 aromatic rings. The van der Waals surface area contributed by atoms with Crippen LogP contribution in [0.5, 0.6) is 0 Å². The van der Waals surface area contributed by atoms with Crippen LogP contribution in [0.3, 0.4) is 0 Å². The first-order valence-electron chi connectivity index (χ1n) is 14.4. The number of aromatic nitrogens is 4. The Balaban J connectivity index is 1.32. The number of benzene rings is 1. The Morgan fingerprint density at radius 1 is 0.881 bits per heavy atom. The van der Waals surface area contributed by atoms with Gasteiger partial charge in [0, 0.05) is 55.2 Å². The number of amides is 1. The molecule has 1 fully saturated rings. The van der Waals surface area contributed by atoms with Crippen LogP contribution >= 0.6 is 0 Å². The Morgan fingerprint density at radius 2 is 1.62 bits per heavy atom.